The van der Waals surface area contributed by atoms with Crippen molar-refractivity contribution in [2.24, 2.45) is 0 Å². The molecule has 0 bridgehead atoms. The summed E-state index contributed by atoms with van der Waals surface area (Å²) in [4.78, 5) is 0. The number of rotatable bonds is 2. The van der Waals surface area contributed by atoms with Crippen molar-refractivity contribution in [2.75, 3.05) is 0 Å². The predicted octanol–water partition coefficient (Wildman–Crippen LogP) is 9.80. The molecule has 0 atom stereocenters. The van der Waals surface area contributed by atoms with Crippen molar-refractivity contribution in [3.8, 4) is 11.4 Å². The molecule has 0 unspecified atom stereocenters. The first-order chi connectivity index (χ1) is 18.3. The first-order valence-electron chi connectivity index (χ1n) is 12.5. The second-order valence-corrected chi connectivity index (χ2v) is 10.4. The highest BCUT2D eigenvalue weighted by molar-refractivity contribution is 9.10. The molecule has 0 saturated heterocycles. The van der Waals surface area contributed by atoms with E-state index in [-0.39, 0.29) is 0 Å². The Balaban J connectivity index is 1.76. The highest BCUT2D eigenvalue weighted by atomic mass is 79.9. The Morgan fingerprint density at radius 1 is 0.378 bits per heavy atom. The topological polar surface area (TPSA) is 9.86 Å². The molecule has 8 aromatic rings. The van der Waals surface area contributed by atoms with Gasteiger partial charge in [-0.25, -0.2) is 0 Å². The number of hydrogen-bond donors (Lipinski definition) is 0. The first kappa shape index (κ1) is 20.8. The maximum absolute atomic E-state index is 3.63. The van der Waals surface area contributed by atoms with Gasteiger partial charge in [0.1, 0.15) is 0 Å². The van der Waals surface area contributed by atoms with E-state index in [9.17, 15) is 0 Å². The lowest BCUT2D eigenvalue weighted by molar-refractivity contribution is 1.15. The number of para-hydroxylation sites is 3. The summed E-state index contributed by atoms with van der Waals surface area (Å²) in [5.74, 6) is 0. The summed E-state index contributed by atoms with van der Waals surface area (Å²) in [6.45, 7) is 0. The molecule has 0 fully saturated rings. The van der Waals surface area contributed by atoms with Gasteiger partial charge in [-0.3, -0.25) is 0 Å². The van der Waals surface area contributed by atoms with Crippen LogP contribution in [0.3, 0.4) is 0 Å². The second-order valence-electron chi connectivity index (χ2n) is 9.51. The van der Waals surface area contributed by atoms with E-state index >= 15 is 0 Å². The molecule has 37 heavy (non-hydrogen) atoms. The van der Waals surface area contributed by atoms with Crippen LogP contribution in [0.1, 0.15) is 0 Å². The maximum Gasteiger partial charge on any atom is 0.0795 e. The molecule has 3 heteroatoms. The first-order valence-corrected chi connectivity index (χ1v) is 13.3. The summed E-state index contributed by atoms with van der Waals surface area (Å²) in [6.07, 6.45) is 0. The minimum atomic E-state index is 1.08. The van der Waals surface area contributed by atoms with Crippen LogP contribution in [0, 0.1) is 0 Å². The summed E-state index contributed by atoms with van der Waals surface area (Å²) >= 11 is 3.63. The van der Waals surface area contributed by atoms with Crippen LogP contribution in [-0.4, -0.2) is 9.13 Å². The van der Waals surface area contributed by atoms with E-state index in [0.29, 0.717) is 0 Å². The minimum Gasteiger partial charge on any atom is -0.307 e. The van der Waals surface area contributed by atoms with E-state index in [1.54, 1.807) is 0 Å². The third-order valence-corrected chi connectivity index (χ3v) is 8.07. The number of nitrogens with zero attached hydrogens (tertiary/aromatic N) is 2. The van der Waals surface area contributed by atoms with Gasteiger partial charge < -0.3 is 9.13 Å². The fraction of sp³-hybridized carbons (Fsp3) is 0. The zero-order chi connectivity index (χ0) is 24.5. The average molecular weight is 537 g/mol. The largest absolute Gasteiger partial charge is 0.307 e. The van der Waals surface area contributed by atoms with Crippen LogP contribution >= 0.6 is 15.9 Å². The van der Waals surface area contributed by atoms with Crippen LogP contribution in [-0.2, 0) is 0 Å². The van der Waals surface area contributed by atoms with Crippen LogP contribution in [0.2, 0.25) is 0 Å². The van der Waals surface area contributed by atoms with E-state index in [4.69, 9.17) is 0 Å². The fourth-order valence-electron chi connectivity index (χ4n) is 6.10. The highest BCUT2D eigenvalue weighted by Gasteiger charge is 2.24. The van der Waals surface area contributed by atoms with Crippen molar-refractivity contribution < 1.29 is 0 Å². The van der Waals surface area contributed by atoms with Crippen molar-refractivity contribution >= 4 is 70.3 Å². The number of aromatic nitrogens is 2. The zero-order valence-corrected chi connectivity index (χ0v) is 21.5. The predicted molar refractivity (Wildman–Crippen MR) is 160 cm³/mol. The van der Waals surface area contributed by atoms with E-state index in [1.807, 2.05) is 0 Å². The molecule has 0 spiro atoms. The standard InChI is InChI=1S/C34H21BrN2/c35-22-18-20-24(21-19-22)37-30-17-9-7-15-28(30)32-26-13-5-4-12-25(26)31-27-14-6-8-16-29(27)36(33(31)34(32)37)23-10-2-1-3-11-23/h1-21H. The summed E-state index contributed by atoms with van der Waals surface area (Å²) in [5, 5.41) is 7.70. The van der Waals surface area contributed by atoms with Crippen molar-refractivity contribution in [1.29, 1.82) is 0 Å². The monoisotopic (exact) mass is 536 g/mol. The number of hydrogen-bond acceptors (Lipinski definition) is 0. The van der Waals surface area contributed by atoms with Gasteiger partial charge in [0.2, 0.25) is 0 Å². The van der Waals surface area contributed by atoms with Crippen molar-refractivity contribution in [2.45, 2.75) is 0 Å². The Morgan fingerprint density at radius 2 is 0.784 bits per heavy atom. The molecule has 0 aliphatic rings. The average Bonchev–Trinajstić information content (AvgIpc) is 3.48. The molecule has 2 nitrogen and oxygen atoms in total. The van der Waals surface area contributed by atoms with Crippen molar-refractivity contribution in [3.05, 3.63) is 132 Å². The molecule has 0 aliphatic heterocycles. The third kappa shape index (κ3) is 2.86. The van der Waals surface area contributed by atoms with Crippen LogP contribution < -0.4 is 0 Å². The minimum absolute atomic E-state index is 1.08. The van der Waals surface area contributed by atoms with Crippen LogP contribution in [0.5, 0.6) is 0 Å². The molecule has 8 rings (SSSR count). The van der Waals surface area contributed by atoms with E-state index in [2.05, 4.69) is 152 Å². The fourth-order valence-corrected chi connectivity index (χ4v) is 6.36. The Morgan fingerprint density at radius 3 is 1.30 bits per heavy atom. The summed E-state index contributed by atoms with van der Waals surface area (Å²) < 4.78 is 5.98. The number of benzene rings is 6. The molecule has 6 aromatic carbocycles. The normalized spacial score (nSPS) is 11.9. The van der Waals surface area contributed by atoms with Gasteiger partial charge in [0.25, 0.3) is 0 Å². The quantitative estimate of drug-likeness (QED) is 0.208. The maximum atomic E-state index is 3.63. The molecule has 174 valence electrons. The van der Waals surface area contributed by atoms with Crippen molar-refractivity contribution in [3.63, 3.8) is 0 Å². The highest BCUT2D eigenvalue weighted by Crippen LogP contribution is 2.46. The SMILES string of the molecule is Brc1ccc(-n2c3ccccc3c3c4ccccc4c4c5ccccc5n(-c5ccccc5)c4c32)cc1. The van der Waals surface area contributed by atoms with E-state index in [1.165, 1.54) is 54.4 Å². The summed E-state index contributed by atoms with van der Waals surface area (Å²) in [6, 6.07) is 45.9. The van der Waals surface area contributed by atoms with Crippen molar-refractivity contribution in [1.82, 2.24) is 9.13 Å². The van der Waals surface area contributed by atoms with E-state index < -0.39 is 0 Å². The molecule has 2 aromatic heterocycles. The Bertz CT molecular complexity index is 2130. The zero-order valence-electron chi connectivity index (χ0n) is 19.9. The summed E-state index contributed by atoms with van der Waals surface area (Å²) in [5.41, 5.74) is 7.21. The Labute approximate surface area is 222 Å². The Hall–Kier alpha value is -4.34. The lowest BCUT2D eigenvalue weighted by Crippen LogP contribution is -1.98. The lowest BCUT2D eigenvalue weighted by atomic mass is 9.98. The van der Waals surface area contributed by atoms with Crippen LogP contribution in [0.4, 0.5) is 0 Å². The molecular weight excluding hydrogens is 516 g/mol. The smallest absolute Gasteiger partial charge is 0.0795 e. The molecular formula is C34H21BrN2. The molecule has 0 saturated carbocycles. The molecule has 0 amide bonds. The van der Waals surface area contributed by atoms with E-state index in [0.717, 1.165) is 15.8 Å². The van der Waals surface area contributed by atoms with Gasteiger partial charge in [-0.15, -0.1) is 0 Å². The number of fused-ring (bicyclic) bond motifs is 10. The van der Waals surface area contributed by atoms with Gasteiger partial charge in [0.15, 0.2) is 0 Å². The molecule has 0 N–H and O–H groups in total. The van der Waals surface area contributed by atoms with Gasteiger partial charge in [-0.05, 0) is 59.3 Å². The lowest BCUT2D eigenvalue weighted by Gasteiger charge is -2.14. The Kier molecular flexibility index (Phi) is 4.40. The molecule has 0 aliphatic carbocycles. The molecule has 0 radical (unpaired) electrons. The van der Waals surface area contributed by atoms with Gasteiger partial charge in [0, 0.05) is 37.4 Å². The molecule has 2 heterocycles. The summed E-state index contributed by atoms with van der Waals surface area (Å²) in [7, 11) is 0. The van der Waals surface area contributed by atoms with Gasteiger partial charge >= 0.3 is 0 Å². The third-order valence-electron chi connectivity index (χ3n) is 7.54. The van der Waals surface area contributed by atoms with Crippen LogP contribution in [0.25, 0.3) is 65.8 Å². The second kappa shape index (κ2) is 7.83. The van der Waals surface area contributed by atoms with Gasteiger partial charge in [-0.1, -0.05) is 94.8 Å². The van der Waals surface area contributed by atoms with Gasteiger partial charge in [-0.2, -0.15) is 0 Å². The number of halogens is 1. The van der Waals surface area contributed by atoms with Crippen LogP contribution in [0.15, 0.2) is 132 Å². The van der Waals surface area contributed by atoms with Gasteiger partial charge in [0.05, 0.1) is 22.1 Å².